The Labute approximate surface area is 299 Å². The topological polar surface area (TPSA) is 182 Å². The summed E-state index contributed by atoms with van der Waals surface area (Å²) in [7, 11) is -2.33. The van der Waals surface area contributed by atoms with E-state index >= 15 is 0 Å². The number of aromatic nitrogens is 1. The number of pyridine rings is 1. The number of benzene rings is 1. The monoisotopic (exact) mass is 727 g/mol. The summed E-state index contributed by atoms with van der Waals surface area (Å²) in [4.78, 5) is 60.8. The van der Waals surface area contributed by atoms with Gasteiger partial charge in [-0.3, -0.25) is 19.1 Å². The smallest absolute Gasteiger partial charge is 0.407 e. The summed E-state index contributed by atoms with van der Waals surface area (Å²) in [5.41, 5.74) is -2.67. The zero-order valence-electron chi connectivity index (χ0n) is 30.3. The maximum Gasteiger partial charge on any atom is 0.407 e. The van der Waals surface area contributed by atoms with Gasteiger partial charge in [0.25, 0.3) is 5.91 Å². The van der Waals surface area contributed by atoms with Crippen molar-refractivity contribution in [2.45, 2.75) is 96.2 Å². The number of nitrogens with one attached hydrogen (secondary N) is 3. The third kappa shape index (κ3) is 8.57. The van der Waals surface area contributed by atoms with Crippen molar-refractivity contribution in [3.8, 4) is 11.6 Å². The molecule has 0 bridgehead atoms. The van der Waals surface area contributed by atoms with Gasteiger partial charge in [-0.15, -0.1) is 6.58 Å². The van der Waals surface area contributed by atoms with E-state index < -0.39 is 74.1 Å². The van der Waals surface area contributed by atoms with Crippen molar-refractivity contribution < 1.29 is 41.8 Å². The van der Waals surface area contributed by atoms with Crippen molar-refractivity contribution in [1.82, 2.24) is 25.2 Å². The molecule has 1 aromatic heterocycles. The molecule has 0 spiro atoms. The number of hydrogen-bond donors (Lipinski definition) is 3. The summed E-state index contributed by atoms with van der Waals surface area (Å²) in [5.74, 6) is -1.65. The van der Waals surface area contributed by atoms with Gasteiger partial charge in [0.2, 0.25) is 27.7 Å². The second kappa shape index (κ2) is 14.0. The minimum Gasteiger partial charge on any atom is -0.497 e. The molecule has 1 aromatic carbocycles. The van der Waals surface area contributed by atoms with E-state index in [1.807, 2.05) is 39.0 Å². The lowest BCUT2D eigenvalue weighted by molar-refractivity contribution is -0.142. The van der Waals surface area contributed by atoms with Gasteiger partial charge < -0.3 is 29.7 Å². The highest BCUT2D eigenvalue weighted by molar-refractivity contribution is 7.91. The number of methoxy groups -OCH3 is 1. The van der Waals surface area contributed by atoms with Crippen LogP contribution < -0.4 is 24.8 Å². The van der Waals surface area contributed by atoms with E-state index in [4.69, 9.17) is 14.2 Å². The van der Waals surface area contributed by atoms with Crippen LogP contribution in [0.2, 0.25) is 0 Å². The number of likely N-dealkylation sites (tertiary alicyclic amines) is 1. The van der Waals surface area contributed by atoms with E-state index in [0.717, 1.165) is 5.39 Å². The lowest BCUT2D eigenvalue weighted by Gasteiger charge is -2.35. The SMILES string of the molecule is C=C[C@H]1C[C@@]1(NC(=O)[C@@H]1C[C@@H](Oc2nccc3cc(OC)ccc23)CN1C(=O)[C@@H](NC(=O)OCC(C)(C)C)C(C)(C)C)C(=O)NS(=O)(=O)C1CC1. The molecule has 5 rings (SSSR count). The summed E-state index contributed by atoms with van der Waals surface area (Å²) in [5, 5.41) is 6.35. The zero-order chi connectivity index (χ0) is 37.5. The number of hydrogen-bond acceptors (Lipinski definition) is 10. The van der Waals surface area contributed by atoms with E-state index in [2.05, 4.69) is 26.9 Å². The Morgan fingerprint density at radius 2 is 1.82 bits per heavy atom. The van der Waals surface area contributed by atoms with Crippen molar-refractivity contribution in [3.63, 3.8) is 0 Å². The van der Waals surface area contributed by atoms with Gasteiger partial charge in [-0.25, -0.2) is 18.2 Å². The third-order valence-electron chi connectivity index (χ3n) is 9.32. The van der Waals surface area contributed by atoms with Crippen molar-refractivity contribution in [2.75, 3.05) is 20.3 Å². The molecule has 1 aliphatic heterocycles. The fourth-order valence-corrected chi connectivity index (χ4v) is 7.52. The Morgan fingerprint density at radius 1 is 1.12 bits per heavy atom. The molecule has 3 fully saturated rings. The van der Waals surface area contributed by atoms with Gasteiger partial charge in [0.15, 0.2) is 0 Å². The number of nitrogens with zero attached hydrogens (tertiary/aromatic N) is 2. The second-order valence-electron chi connectivity index (χ2n) is 15.9. The number of carbonyl (C=O) groups excluding carboxylic acids is 4. The number of sulfonamides is 1. The summed E-state index contributed by atoms with van der Waals surface area (Å²) in [6, 6.07) is 4.97. The van der Waals surface area contributed by atoms with Gasteiger partial charge >= 0.3 is 6.09 Å². The Hall–Kier alpha value is -4.40. The third-order valence-corrected chi connectivity index (χ3v) is 11.1. The maximum absolute atomic E-state index is 14.4. The lowest BCUT2D eigenvalue weighted by Crippen LogP contribution is -2.60. The molecule has 2 heterocycles. The Balaban J connectivity index is 1.43. The van der Waals surface area contributed by atoms with E-state index in [9.17, 15) is 27.6 Å². The van der Waals surface area contributed by atoms with Crippen molar-refractivity contribution >= 4 is 44.6 Å². The second-order valence-corrected chi connectivity index (χ2v) is 17.9. The van der Waals surface area contributed by atoms with Crippen LogP contribution in [0.25, 0.3) is 10.8 Å². The Morgan fingerprint density at radius 3 is 2.41 bits per heavy atom. The number of carbonyl (C=O) groups is 4. The lowest BCUT2D eigenvalue weighted by atomic mass is 9.85. The molecule has 0 radical (unpaired) electrons. The van der Waals surface area contributed by atoms with Crippen LogP contribution >= 0.6 is 0 Å². The molecular weight excluding hydrogens is 678 g/mol. The molecule has 14 nitrogen and oxygen atoms in total. The van der Waals surface area contributed by atoms with Crippen molar-refractivity contribution in [3.05, 3.63) is 43.1 Å². The van der Waals surface area contributed by atoms with Crippen LogP contribution in [0.3, 0.4) is 0 Å². The van der Waals surface area contributed by atoms with Gasteiger partial charge in [0.1, 0.15) is 29.5 Å². The molecule has 1 saturated heterocycles. The minimum atomic E-state index is -3.90. The summed E-state index contributed by atoms with van der Waals surface area (Å²) >= 11 is 0. The fraction of sp³-hybridized carbons (Fsp3) is 0.583. The first-order chi connectivity index (χ1) is 23.8. The van der Waals surface area contributed by atoms with E-state index in [-0.39, 0.29) is 31.4 Å². The summed E-state index contributed by atoms with van der Waals surface area (Å²) in [6.07, 6.45) is 2.67. The first-order valence-corrected chi connectivity index (χ1v) is 18.7. The molecule has 0 unspecified atom stereocenters. The summed E-state index contributed by atoms with van der Waals surface area (Å²) in [6.45, 7) is 14.9. The summed E-state index contributed by atoms with van der Waals surface area (Å²) < 4.78 is 44.6. The average molecular weight is 728 g/mol. The number of amides is 4. The van der Waals surface area contributed by atoms with Crippen LogP contribution in [0.5, 0.6) is 11.6 Å². The largest absolute Gasteiger partial charge is 0.497 e. The van der Waals surface area contributed by atoms with Gasteiger partial charge in [-0.1, -0.05) is 47.6 Å². The molecule has 2 aromatic rings. The van der Waals surface area contributed by atoms with Gasteiger partial charge in [-0.2, -0.15) is 0 Å². The number of ether oxygens (including phenoxy) is 3. The van der Waals surface area contributed by atoms with Gasteiger partial charge in [-0.05, 0) is 59.7 Å². The predicted molar refractivity (Wildman–Crippen MR) is 189 cm³/mol. The molecule has 51 heavy (non-hydrogen) atoms. The standard InChI is InChI=1S/C36H49N5O9S/c1-9-22-18-36(22,32(44)40-51(46,47)25-11-12-25)39-29(42)27-17-24(50-30-26-13-10-23(48-8)16-21(26)14-15-37-30)19-41(27)31(43)28(35(5,6)7)38-33(45)49-20-34(2,3)4/h9-10,13-16,22,24-25,27-28H,1,11-12,17-20H2,2-8H3,(H,38,45)(H,39,42)(H,40,44)/t22-,24+,27-,28+,36-/m0/s1. The zero-order valence-corrected chi connectivity index (χ0v) is 31.1. The molecule has 3 N–H and O–H groups in total. The van der Waals surface area contributed by atoms with E-state index in [1.54, 1.807) is 40.1 Å². The molecular formula is C36H49N5O9S. The predicted octanol–water partition coefficient (Wildman–Crippen LogP) is 3.45. The van der Waals surface area contributed by atoms with Crippen LogP contribution in [-0.4, -0.2) is 91.4 Å². The molecule has 3 aliphatic rings. The first-order valence-electron chi connectivity index (χ1n) is 17.1. The fourth-order valence-electron chi connectivity index (χ4n) is 6.16. The molecule has 15 heteroatoms. The van der Waals surface area contributed by atoms with Crippen LogP contribution in [0.1, 0.15) is 67.2 Å². The highest BCUT2D eigenvalue weighted by Crippen LogP contribution is 2.45. The van der Waals surface area contributed by atoms with Crippen molar-refractivity contribution in [2.24, 2.45) is 16.7 Å². The molecule has 2 saturated carbocycles. The number of fused-ring (bicyclic) bond motifs is 1. The van der Waals surface area contributed by atoms with Gasteiger partial charge in [0, 0.05) is 23.9 Å². The highest BCUT2D eigenvalue weighted by Gasteiger charge is 2.62. The molecule has 2 aliphatic carbocycles. The van der Waals surface area contributed by atoms with Crippen LogP contribution in [-0.2, 0) is 29.1 Å². The maximum atomic E-state index is 14.4. The number of rotatable bonds is 12. The average Bonchev–Trinajstić information content (AvgIpc) is 3.98. The van der Waals surface area contributed by atoms with Crippen LogP contribution in [0.4, 0.5) is 4.79 Å². The highest BCUT2D eigenvalue weighted by atomic mass is 32.2. The van der Waals surface area contributed by atoms with Crippen LogP contribution in [0.15, 0.2) is 43.1 Å². The molecule has 5 atom stereocenters. The quantitative estimate of drug-likeness (QED) is 0.274. The normalized spacial score (nSPS) is 23.9. The van der Waals surface area contributed by atoms with E-state index in [0.29, 0.717) is 29.9 Å². The van der Waals surface area contributed by atoms with Crippen LogP contribution in [0, 0.1) is 16.7 Å². The van der Waals surface area contributed by atoms with Crippen molar-refractivity contribution in [1.29, 1.82) is 0 Å². The minimum absolute atomic E-state index is 0.0218. The number of alkyl carbamates (subject to hydrolysis) is 1. The van der Waals surface area contributed by atoms with Gasteiger partial charge in [0.05, 0.1) is 25.5 Å². The molecule has 278 valence electrons. The Kier molecular flexibility index (Phi) is 10.4. The van der Waals surface area contributed by atoms with E-state index in [1.165, 1.54) is 11.0 Å². The first kappa shape index (κ1) is 37.8. The Bertz CT molecular complexity index is 1810. The molecule has 4 amide bonds.